The van der Waals surface area contributed by atoms with Gasteiger partial charge in [0.1, 0.15) is 25.4 Å². The molecule has 0 radical (unpaired) electrons. The van der Waals surface area contributed by atoms with Crippen LogP contribution in [0.5, 0.6) is 0 Å². The van der Waals surface area contributed by atoms with Gasteiger partial charge in [-0.25, -0.2) is 19.2 Å². The zero-order chi connectivity index (χ0) is 27.7. The molecule has 3 aromatic carbocycles. The minimum Gasteiger partial charge on any atom is -0.458 e. The first-order chi connectivity index (χ1) is 18.1. The summed E-state index contributed by atoms with van der Waals surface area (Å²) in [5, 5.41) is 0. The fourth-order valence-corrected chi connectivity index (χ4v) is 3.24. The fraction of sp³-hybridized carbons (Fsp3) is 0.267. The summed E-state index contributed by atoms with van der Waals surface area (Å²) in [5.41, 5.74) is 3.32. The molecule has 0 aliphatic carbocycles. The second kappa shape index (κ2) is 13.2. The molecule has 38 heavy (non-hydrogen) atoms. The zero-order valence-corrected chi connectivity index (χ0v) is 21.8. The number of benzene rings is 3. The molecule has 2 unspecified atom stereocenters. The molecular formula is C30H30O8. The molecule has 3 aromatic rings. The van der Waals surface area contributed by atoms with Crippen molar-refractivity contribution in [2.75, 3.05) is 13.2 Å². The molecule has 0 heterocycles. The molecule has 0 saturated carbocycles. The van der Waals surface area contributed by atoms with Crippen molar-refractivity contribution in [1.82, 2.24) is 0 Å². The van der Waals surface area contributed by atoms with Gasteiger partial charge >= 0.3 is 23.9 Å². The second-order valence-corrected chi connectivity index (χ2v) is 8.94. The number of hydrogen-bond donors (Lipinski definition) is 0. The van der Waals surface area contributed by atoms with Crippen LogP contribution in [0, 0.1) is 13.8 Å². The Balaban J connectivity index is 1.43. The number of aryl methyl sites for hydroxylation is 2. The lowest BCUT2D eigenvalue weighted by atomic mass is 10.1. The van der Waals surface area contributed by atoms with E-state index in [2.05, 4.69) is 0 Å². The highest BCUT2D eigenvalue weighted by Crippen LogP contribution is 2.12. The Labute approximate surface area is 221 Å². The maximum Gasteiger partial charge on any atom is 0.338 e. The molecule has 8 heteroatoms. The Morgan fingerprint density at radius 3 is 1.08 bits per heavy atom. The van der Waals surface area contributed by atoms with Gasteiger partial charge in [0.15, 0.2) is 0 Å². The second-order valence-electron chi connectivity index (χ2n) is 8.94. The number of carbonyl (C=O) groups excluding carboxylic acids is 4. The quantitative estimate of drug-likeness (QED) is 0.269. The highest BCUT2D eigenvalue weighted by molar-refractivity contribution is 5.93. The fourth-order valence-electron chi connectivity index (χ4n) is 3.24. The van der Waals surface area contributed by atoms with E-state index in [4.69, 9.17) is 18.9 Å². The van der Waals surface area contributed by atoms with Crippen LogP contribution in [0.15, 0.2) is 72.8 Å². The van der Waals surface area contributed by atoms with Gasteiger partial charge in [0, 0.05) is 0 Å². The molecule has 0 bridgehead atoms. The lowest BCUT2D eigenvalue weighted by Crippen LogP contribution is -2.23. The van der Waals surface area contributed by atoms with Gasteiger partial charge < -0.3 is 18.9 Å². The lowest BCUT2D eigenvalue weighted by molar-refractivity contribution is 0.00411. The van der Waals surface area contributed by atoms with Crippen LogP contribution in [0.4, 0.5) is 0 Å². The third kappa shape index (κ3) is 8.30. The Morgan fingerprint density at radius 1 is 0.500 bits per heavy atom. The first-order valence-corrected chi connectivity index (χ1v) is 12.1. The monoisotopic (exact) mass is 518 g/mol. The SMILES string of the molecule is Cc1ccc(C(=O)OCC(C)OC(=O)c2ccc(C(=O)OC(C)COC(=O)c3ccc(C)cc3)cc2)cc1. The molecule has 0 aliphatic heterocycles. The number of ether oxygens (including phenoxy) is 4. The Hall–Kier alpha value is -4.46. The van der Waals surface area contributed by atoms with E-state index in [-0.39, 0.29) is 24.3 Å². The summed E-state index contributed by atoms with van der Waals surface area (Å²) in [7, 11) is 0. The molecular weight excluding hydrogens is 488 g/mol. The van der Waals surface area contributed by atoms with E-state index in [1.54, 1.807) is 38.1 Å². The number of rotatable bonds is 10. The van der Waals surface area contributed by atoms with E-state index in [0.29, 0.717) is 11.1 Å². The van der Waals surface area contributed by atoms with Crippen molar-refractivity contribution in [2.45, 2.75) is 39.9 Å². The molecule has 0 aliphatic rings. The van der Waals surface area contributed by atoms with Crippen molar-refractivity contribution in [3.63, 3.8) is 0 Å². The molecule has 0 saturated heterocycles. The van der Waals surface area contributed by atoms with Crippen molar-refractivity contribution in [1.29, 1.82) is 0 Å². The van der Waals surface area contributed by atoms with E-state index in [0.717, 1.165) is 11.1 Å². The van der Waals surface area contributed by atoms with E-state index < -0.39 is 36.1 Å². The Morgan fingerprint density at radius 2 is 0.763 bits per heavy atom. The van der Waals surface area contributed by atoms with Gasteiger partial charge in [-0.3, -0.25) is 0 Å². The van der Waals surface area contributed by atoms with Gasteiger partial charge in [-0.05, 0) is 76.2 Å². The first kappa shape index (κ1) is 28.1. The van der Waals surface area contributed by atoms with Crippen LogP contribution in [-0.4, -0.2) is 49.3 Å². The van der Waals surface area contributed by atoms with Gasteiger partial charge in [0.25, 0.3) is 0 Å². The summed E-state index contributed by atoms with van der Waals surface area (Å²) in [6.07, 6.45) is -1.35. The van der Waals surface area contributed by atoms with Gasteiger partial charge in [-0.1, -0.05) is 35.4 Å². The predicted molar refractivity (Wildman–Crippen MR) is 139 cm³/mol. The van der Waals surface area contributed by atoms with Crippen molar-refractivity contribution in [3.05, 3.63) is 106 Å². The van der Waals surface area contributed by atoms with Crippen molar-refractivity contribution >= 4 is 23.9 Å². The maximum absolute atomic E-state index is 12.4. The minimum absolute atomic E-state index is 0.102. The van der Waals surface area contributed by atoms with Crippen LogP contribution < -0.4 is 0 Å². The van der Waals surface area contributed by atoms with Crippen molar-refractivity contribution in [2.24, 2.45) is 0 Å². The van der Waals surface area contributed by atoms with Crippen LogP contribution >= 0.6 is 0 Å². The Kier molecular flexibility index (Phi) is 9.76. The normalized spacial score (nSPS) is 12.1. The Bertz CT molecular complexity index is 1160. The third-order valence-corrected chi connectivity index (χ3v) is 5.45. The van der Waals surface area contributed by atoms with Gasteiger partial charge in [0.2, 0.25) is 0 Å². The average molecular weight is 519 g/mol. The highest BCUT2D eigenvalue weighted by Gasteiger charge is 2.18. The van der Waals surface area contributed by atoms with Crippen LogP contribution in [0.1, 0.15) is 66.4 Å². The molecule has 0 amide bonds. The molecule has 0 spiro atoms. The molecule has 3 rings (SSSR count). The maximum atomic E-state index is 12.4. The van der Waals surface area contributed by atoms with Gasteiger partial charge in [0.05, 0.1) is 22.3 Å². The minimum atomic E-state index is -0.676. The van der Waals surface area contributed by atoms with Crippen LogP contribution in [0.2, 0.25) is 0 Å². The summed E-state index contributed by atoms with van der Waals surface area (Å²) in [5.74, 6) is -2.26. The van der Waals surface area contributed by atoms with Gasteiger partial charge in [-0.15, -0.1) is 0 Å². The molecule has 0 aromatic heterocycles. The zero-order valence-electron chi connectivity index (χ0n) is 21.8. The predicted octanol–water partition coefficient (Wildman–Crippen LogP) is 5.11. The van der Waals surface area contributed by atoms with E-state index in [1.165, 1.54) is 24.3 Å². The smallest absolute Gasteiger partial charge is 0.338 e. The molecule has 0 N–H and O–H groups in total. The summed E-state index contributed by atoms with van der Waals surface area (Å²) in [6, 6.07) is 19.6. The average Bonchev–Trinajstić information content (AvgIpc) is 2.91. The van der Waals surface area contributed by atoms with Crippen LogP contribution in [0.25, 0.3) is 0 Å². The van der Waals surface area contributed by atoms with Crippen LogP contribution in [0.3, 0.4) is 0 Å². The number of esters is 4. The van der Waals surface area contributed by atoms with E-state index >= 15 is 0 Å². The standard InChI is InChI=1S/C30H30O8/c1-19-5-9-23(10-6-19)27(31)35-17-21(3)37-29(33)25-13-15-26(16-14-25)30(34)38-22(4)18-36-28(32)24-11-7-20(2)8-12-24/h5-16,21-22H,17-18H2,1-4H3. The summed E-state index contributed by atoms with van der Waals surface area (Å²) in [4.78, 5) is 49.1. The molecule has 198 valence electrons. The molecule has 2 atom stereocenters. The lowest BCUT2D eigenvalue weighted by Gasteiger charge is -2.15. The van der Waals surface area contributed by atoms with E-state index in [9.17, 15) is 19.2 Å². The van der Waals surface area contributed by atoms with Crippen molar-refractivity contribution in [3.8, 4) is 0 Å². The molecule has 0 fully saturated rings. The number of carbonyl (C=O) groups is 4. The summed E-state index contributed by atoms with van der Waals surface area (Å²) in [6.45, 7) is 6.85. The first-order valence-electron chi connectivity index (χ1n) is 12.1. The summed E-state index contributed by atoms with van der Waals surface area (Å²) < 4.78 is 21.1. The third-order valence-electron chi connectivity index (χ3n) is 5.45. The van der Waals surface area contributed by atoms with Crippen LogP contribution in [-0.2, 0) is 18.9 Å². The van der Waals surface area contributed by atoms with E-state index in [1.807, 2.05) is 38.1 Å². The van der Waals surface area contributed by atoms with Crippen molar-refractivity contribution < 1.29 is 38.1 Å². The molecule has 8 nitrogen and oxygen atoms in total. The van der Waals surface area contributed by atoms with Gasteiger partial charge in [-0.2, -0.15) is 0 Å². The highest BCUT2D eigenvalue weighted by atomic mass is 16.6. The number of hydrogen-bond acceptors (Lipinski definition) is 8. The largest absolute Gasteiger partial charge is 0.458 e. The summed E-state index contributed by atoms with van der Waals surface area (Å²) >= 11 is 0. The topological polar surface area (TPSA) is 105 Å².